The fourth-order valence-electron chi connectivity index (χ4n) is 1.93. The molecule has 3 rings (SSSR count). The number of carbonyl (C=O) groups excluding carboxylic acids is 1. The number of ether oxygens (including phenoxy) is 1. The third-order valence-electron chi connectivity index (χ3n) is 3.14. The Labute approximate surface area is 142 Å². The molecule has 0 saturated heterocycles. The minimum atomic E-state index is -0.358. The Hall–Kier alpha value is -2.24. The first kappa shape index (κ1) is 15.6. The van der Waals surface area contributed by atoms with Crippen molar-refractivity contribution in [1.82, 2.24) is 4.98 Å². The van der Waals surface area contributed by atoms with Crippen LogP contribution in [0.4, 0.5) is 0 Å². The molecule has 0 radical (unpaired) electrons. The van der Waals surface area contributed by atoms with Crippen molar-refractivity contribution in [3.8, 4) is 10.6 Å². The van der Waals surface area contributed by atoms with Gasteiger partial charge in [0, 0.05) is 21.9 Å². The molecule has 0 bridgehead atoms. The van der Waals surface area contributed by atoms with Gasteiger partial charge in [0.15, 0.2) is 0 Å². The number of esters is 1. The first-order valence-electron chi connectivity index (χ1n) is 7.10. The van der Waals surface area contributed by atoms with Gasteiger partial charge in [0.05, 0.1) is 5.69 Å². The molecule has 0 aliphatic carbocycles. The van der Waals surface area contributed by atoms with Gasteiger partial charge in [0.2, 0.25) is 0 Å². The molecule has 3 nitrogen and oxygen atoms in total. The maximum atomic E-state index is 11.7. The van der Waals surface area contributed by atoms with Crippen LogP contribution in [0.3, 0.4) is 0 Å². The number of thiazole rings is 1. The number of thiophene rings is 1. The van der Waals surface area contributed by atoms with Crippen LogP contribution in [0.5, 0.6) is 0 Å². The lowest BCUT2D eigenvalue weighted by Gasteiger charge is -1.99. The minimum absolute atomic E-state index is 0.190. The van der Waals surface area contributed by atoms with Crippen LogP contribution in [0, 0.1) is 6.92 Å². The summed E-state index contributed by atoms with van der Waals surface area (Å²) in [5.41, 5.74) is 3.07. The van der Waals surface area contributed by atoms with Gasteiger partial charge in [-0.3, -0.25) is 0 Å². The number of hydrogen-bond acceptors (Lipinski definition) is 5. The number of aromatic nitrogens is 1. The molecule has 5 heteroatoms. The highest BCUT2D eigenvalue weighted by molar-refractivity contribution is 7.13. The van der Waals surface area contributed by atoms with Gasteiger partial charge in [0.1, 0.15) is 11.6 Å². The number of benzene rings is 1. The van der Waals surface area contributed by atoms with E-state index in [1.54, 1.807) is 28.7 Å². The quantitative estimate of drug-likeness (QED) is 0.487. The van der Waals surface area contributed by atoms with Crippen molar-refractivity contribution >= 4 is 34.7 Å². The molecule has 1 aromatic carbocycles. The first-order chi connectivity index (χ1) is 11.2. The molecule has 116 valence electrons. The Kier molecular flexibility index (Phi) is 5.00. The number of aryl methyl sites for hydroxylation is 1. The molecule has 3 aromatic rings. The molecule has 0 saturated carbocycles. The summed E-state index contributed by atoms with van der Waals surface area (Å²) >= 11 is 3.13. The van der Waals surface area contributed by atoms with Gasteiger partial charge in [-0.1, -0.05) is 35.9 Å². The van der Waals surface area contributed by atoms with E-state index in [4.69, 9.17) is 4.74 Å². The summed E-state index contributed by atoms with van der Waals surface area (Å²) in [6, 6.07) is 12.1. The second-order valence-electron chi connectivity index (χ2n) is 4.97. The van der Waals surface area contributed by atoms with E-state index in [0.29, 0.717) is 0 Å². The van der Waals surface area contributed by atoms with E-state index in [9.17, 15) is 4.79 Å². The van der Waals surface area contributed by atoms with E-state index in [0.717, 1.165) is 21.1 Å². The topological polar surface area (TPSA) is 39.2 Å². The highest BCUT2D eigenvalue weighted by Gasteiger charge is 2.06. The summed E-state index contributed by atoms with van der Waals surface area (Å²) in [5.74, 6) is -0.358. The van der Waals surface area contributed by atoms with Gasteiger partial charge < -0.3 is 4.74 Å². The zero-order valence-electron chi connectivity index (χ0n) is 12.6. The number of rotatable bonds is 5. The number of carbonyl (C=O) groups is 1. The van der Waals surface area contributed by atoms with Gasteiger partial charge in [-0.25, -0.2) is 9.78 Å². The van der Waals surface area contributed by atoms with Gasteiger partial charge >= 0.3 is 5.97 Å². The Balaban J connectivity index is 1.57. The molecule has 0 aliphatic rings. The summed E-state index contributed by atoms with van der Waals surface area (Å²) in [5, 5.41) is 4.82. The normalized spacial score (nSPS) is 11.0. The molecule has 0 atom stereocenters. The van der Waals surface area contributed by atoms with Crippen LogP contribution in [-0.2, 0) is 16.1 Å². The van der Waals surface area contributed by atoms with Gasteiger partial charge in [-0.05, 0) is 24.4 Å². The van der Waals surface area contributed by atoms with E-state index >= 15 is 0 Å². The van der Waals surface area contributed by atoms with Crippen LogP contribution in [0.15, 0.2) is 53.2 Å². The van der Waals surface area contributed by atoms with Crippen LogP contribution in [0.1, 0.15) is 16.1 Å². The molecule has 0 spiro atoms. The SMILES string of the molecule is Cc1ccc(-c2nc(COC(=O)/C=C/c3cccs3)cs2)cc1. The van der Waals surface area contributed by atoms with Crippen molar-refractivity contribution in [1.29, 1.82) is 0 Å². The van der Waals surface area contributed by atoms with E-state index in [-0.39, 0.29) is 12.6 Å². The van der Waals surface area contributed by atoms with Crippen LogP contribution in [0.25, 0.3) is 16.6 Å². The fraction of sp³-hybridized carbons (Fsp3) is 0.111. The van der Waals surface area contributed by atoms with Gasteiger partial charge in [-0.15, -0.1) is 22.7 Å². The lowest BCUT2D eigenvalue weighted by Crippen LogP contribution is -2.00. The standard InChI is InChI=1S/C18H15NO2S2/c1-13-4-6-14(7-5-13)18-19-15(12-23-18)11-21-17(20)9-8-16-3-2-10-22-16/h2-10,12H,11H2,1H3/b9-8+. The zero-order chi connectivity index (χ0) is 16.1. The van der Waals surface area contributed by atoms with Crippen LogP contribution >= 0.6 is 22.7 Å². The maximum absolute atomic E-state index is 11.7. The highest BCUT2D eigenvalue weighted by Crippen LogP contribution is 2.24. The predicted molar refractivity (Wildman–Crippen MR) is 95.4 cm³/mol. The minimum Gasteiger partial charge on any atom is -0.456 e. The van der Waals surface area contributed by atoms with Gasteiger partial charge in [0.25, 0.3) is 0 Å². The molecule has 0 N–H and O–H groups in total. The molecule has 2 heterocycles. The summed E-state index contributed by atoms with van der Waals surface area (Å²) < 4.78 is 5.22. The zero-order valence-corrected chi connectivity index (χ0v) is 14.2. The van der Waals surface area contributed by atoms with Crippen molar-refractivity contribution in [2.75, 3.05) is 0 Å². The molecule has 23 heavy (non-hydrogen) atoms. The largest absolute Gasteiger partial charge is 0.456 e. The smallest absolute Gasteiger partial charge is 0.331 e. The third-order valence-corrected chi connectivity index (χ3v) is 4.92. The molecule has 2 aromatic heterocycles. The second kappa shape index (κ2) is 7.35. The predicted octanol–water partition coefficient (Wildman–Crippen LogP) is 4.94. The lowest BCUT2D eigenvalue weighted by atomic mass is 10.2. The van der Waals surface area contributed by atoms with Crippen molar-refractivity contribution in [3.63, 3.8) is 0 Å². The van der Waals surface area contributed by atoms with Crippen LogP contribution < -0.4 is 0 Å². The van der Waals surface area contributed by atoms with Crippen molar-refractivity contribution in [2.24, 2.45) is 0 Å². The highest BCUT2D eigenvalue weighted by atomic mass is 32.1. The Morgan fingerprint density at radius 2 is 2.04 bits per heavy atom. The van der Waals surface area contributed by atoms with Crippen LogP contribution in [-0.4, -0.2) is 11.0 Å². The summed E-state index contributed by atoms with van der Waals surface area (Å²) in [6.45, 7) is 2.25. The first-order valence-corrected chi connectivity index (χ1v) is 8.86. The molecule has 0 fully saturated rings. The summed E-state index contributed by atoms with van der Waals surface area (Å²) in [6.07, 6.45) is 3.20. The molecular weight excluding hydrogens is 326 g/mol. The maximum Gasteiger partial charge on any atom is 0.331 e. The Bertz CT molecular complexity index is 802. The molecule has 0 unspecified atom stereocenters. The van der Waals surface area contributed by atoms with E-state index in [1.165, 1.54) is 11.6 Å². The Morgan fingerprint density at radius 1 is 1.22 bits per heavy atom. The number of hydrogen-bond donors (Lipinski definition) is 0. The molecule has 0 aliphatic heterocycles. The Morgan fingerprint density at radius 3 is 2.78 bits per heavy atom. The monoisotopic (exact) mass is 341 g/mol. The third kappa shape index (κ3) is 4.37. The second-order valence-corrected chi connectivity index (χ2v) is 6.80. The molecular formula is C18H15NO2S2. The van der Waals surface area contributed by atoms with Crippen LogP contribution in [0.2, 0.25) is 0 Å². The van der Waals surface area contributed by atoms with Crippen molar-refractivity contribution < 1.29 is 9.53 Å². The summed E-state index contributed by atoms with van der Waals surface area (Å²) in [4.78, 5) is 17.2. The van der Waals surface area contributed by atoms with E-state index < -0.39 is 0 Å². The lowest BCUT2D eigenvalue weighted by molar-refractivity contribution is -0.139. The average Bonchev–Trinajstić information content (AvgIpc) is 3.23. The van der Waals surface area contributed by atoms with Gasteiger partial charge in [-0.2, -0.15) is 0 Å². The average molecular weight is 341 g/mol. The van der Waals surface area contributed by atoms with Crippen molar-refractivity contribution in [3.05, 3.63) is 69.4 Å². The van der Waals surface area contributed by atoms with Crippen molar-refractivity contribution in [2.45, 2.75) is 13.5 Å². The van der Waals surface area contributed by atoms with E-state index in [2.05, 4.69) is 24.0 Å². The fourth-order valence-corrected chi connectivity index (χ4v) is 3.36. The summed E-state index contributed by atoms with van der Waals surface area (Å²) in [7, 11) is 0. The number of nitrogens with zero attached hydrogens (tertiary/aromatic N) is 1. The van der Waals surface area contributed by atoms with E-state index in [1.807, 2.05) is 35.0 Å². The molecule has 0 amide bonds.